The molecule has 0 spiro atoms. The molecule has 1 aliphatic carbocycles. The molecule has 2 aromatic rings. The van der Waals surface area contributed by atoms with Crippen LogP contribution in [0.25, 0.3) is 0 Å². The monoisotopic (exact) mass is 556 g/mol. The van der Waals surface area contributed by atoms with Gasteiger partial charge in [0.15, 0.2) is 0 Å². The number of alkyl halides is 3. The average Bonchev–Trinajstić information content (AvgIpc) is 3.47. The molecule has 4 atom stereocenters. The van der Waals surface area contributed by atoms with E-state index in [0.29, 0.717) is 17.0 Å². The lowest BCUT2D eigenvalue weighted by Crippen LogP contribution is -2.43. The molecule has 2 aromatic carbocycles. The highest BCUT2D eigenvalue weighted by molar-refractivity contribution is 6.31. The van der Waals surface area contributed by atoms with Gasteiger partial charge in [0.25, 0.3) is 0 Å². The van der Waals surface area contributed by atoms with Crippen LogP contribution >= 0.6 is 23.2 Å². The molecule has 0 aromatic heterocycles. The number of nitrogens with zero attached hydrogens (tertiary/aromatic N) is 1. The van der Waals surface area contributed by atoms with Crippen molar-refractivity contribution in [3.63, 3.8) is 0 Å². The fourth-order valence-electron chi connectivity index (χ4n) is 5.68. The van der Waals surface area contributed by atoms with Crippen molar-refractivity contribution in [3.8, 4) is 6.07 Å². The van der Waals surface area contributed by atoms with Crippen molar-refractivity contribution in [2.75, 3.05) is 0 Å². The number of esters is 2. The molecule has 0 amide bonds. The number of nitriles is 1. The summed E-state index contributed by atoms with van der Waals surface area (Å²) < 4.78 is 58.4. The van der Waals surface area contributed by atoms with Crippen LogP contribution in [-0.2, 0) is 19.7 Å². The number of ether oxygens (including phenoxy) is 1. The van der Waals surface area contributed by atoms with Gasteiger partial charge in [-0.2, -0.15) is 18.4 Å². The summed E-state index contributed by atoms with van der Waals surface area (Å²) in [5, 5.41) is 13.7. The lowest BCUT2D eigenvalue weighted by atomic mass is 9.63. The topological polar surface area (TPSA) is 79.2 Å². The minimum absolute atomic E-state index is 0.160. The van der Waals surface area contributed by atoms with Crippen molar-refractivity contribution < 1.29 is 31.9 Å². The second-order valence-electron chi connectivity index (χ2n) is 9.40. The zero-order chi connectivity index (χ0) is 27.0. The second-order valence-corrected chi connectivity index (χ2v) is 10.2. The first-order valence-corrected chi connectivity index (χ1v) is 12.4. The van der Waals surface area contributed by atoms with Crippen molar-refractivity contribution in [2.45, 2.75) is 61.7 Å². The Morgan fingerprint density at radius 2 is 1.76 bits per heavy atom. The zero-order valence-corrected chi connectivity index (χ0v) is 20.8. The number of benzene rings is 2. The van der Waals surface area contributed by atoms with Gasteiger partial charge in [-0.05, 0) is 41.7 Å². The molecule has 2 aliphatic rings. The van der Waals surface area contributed by atoms with Gasteiger partial charge in [-0.3, -0.25) is 5.32 Å². The number of hydrogen-bond donors (Lipinski definition) is 1. The van der Waals surface area contributed by atoms with Gasteiger partial charge in [0, 0.05) is 17.0 Å². The molecule has 0 radical (unpaired) electrons. The Kier molecular flexibility index (Phi) is 7.84. The van der Waals surface area contributed by atoms with E-state index in [1.165, 1.54) is 30.3 Å². The highest BCUT2D eigenvalue weighted by Gasteiger charge is 2.61. The Hall–Kier alpha value is -2.67. The second kappa shape index (κ2) is 10.6. The minimum Gasteiger partial charge on any atom is -0.385 e. The molecule has 196 valence electrons. The van der Waals surface area contributed by atoms with Gasteiger partial charge in [-0.1, -0.05) is 73.2 Å². The summed E-state index contributed by atoms with van der Waals surface area (Å²) in [4.78, 5) is 24.6. The van der Waals surface area contributed by atoms with Crippen molar-refractivity contribution in [1.82, 2.24) is 5.32 Å². The molecule has 0 bridgehead atoms. The first kappa shape index (κ1) is 27.4. The van der Waals surface area contributed by atoms with Gasteiger partial charge in [-0.15, -0.1) is 0 Å². The van der Waals surface area contributed by atoms with Crippen LogP contribution in [0.15, 0.2) is 42.5 Å². The van der Waals surface area contributed by atoms with Crippen molar-refractivity contribution in [3.05, 3.63) is 69.5 Å². The molecule has 1 saturated carbocycles. The Bertz CT molecular complexity index is 1230. The van der Waals surface area contributed by atoms with E-state index in [-0.39, 0.29) is 16.5 Å². The van der Waals surface area contributed by atoms with Crippen LogP contribution < -0.4 is 5.32 Å². The van der Waals surface area contributed by atoms with Crippen molar-refractivity contribution in [2.24, 2.45) is 5.92 Å². The lowest BCUT2D eigenvalue weighted by molar-refractivity contribution is -0.202. The largest absolute Gasteiger partial charge is 0.491 e. The van der Waals surface area contributed by atoms with Gasteiger partial charge in [0.05, 0.1) is 11.1 Å². The first-order chi connectivity index (χ1) is 17.5. The first-order valence-electron chi connectivity index (χ1n) is 11.7. The number of hydrogen-bond acceptors (Lipinski definition) is 5. The van der Waals surface area contributed by atoms with E-state index in [9.17, 15) is 28.0 Å². The molecule has 1 heterocycles. The fraction of sp³-hybridized carbons (Fsp3) is 0.423. The molecule has 1 saturated heterocycles. The SMILES string of the molecule is N#C[C@]1(c2ccc(Cl)cc2)[C@H](CC2CCCC2)N[C@@H](C(=O)OC(=O)C(F)(F)F)[C@@H]1c1cccc(Cl)c1F. The molecular weight excluding hydrogens is 535 g/mol. The Morgan fingerprint density at radius 3 is 2.35 bits per heavy atom. The summed E-state index contributed by atoms with van der Waals surface area (Å²) in [6.07, 6.45) is -1.31. The quantitative estimate of drug-likeness (QED) is 0.268. The normalized spacial score (nSPS) is 26.1. The Labute approximate surface area is 220 Å². The molecule has 2 fully saturated rings. The molecule has 0 unspecified atom stereocenters. The van der Waals surface area contributed by atoms with Crippen LogP contribution in [0.2, 0.25) is 10.0 Å². The van der Waals surface area contributed by atoms with E-state index in [0.717, 1.165) is 25.7 Å². The highest BCUT2D eigenvalue weighted by Crippen LogP contribution is 2.52. The smallest absolute Gasteiger partial charge is 0.385 e. The van der Waals surface area contributed by atoms with Gasteiger partial charge >= 0.3 is 18.1 Å². The van der Waals surface area contributed by atoms with Crippen LogP contribution in [0.4, 0.5) is 17.6 Å². The van der Waals surface area contributed by atoms with Crippen LogP contribution in [0.1, 0.15) is 49.1 Å². The third-order valence-electron chi connectivity index (χ3n) is 7.30. The van der Waals surface area contributed by atoms with Crippen LogP contribution in [0.3, 0.4) is 0 Å². The molecule has 11 heteroatoms. The predicted molar refractivity (Wildman–Crippen MR) is 127 cm³/mol. The van der Waals surface area contributed by atoms with Crippen molar-refractivity contribution >= 4 is 35.1 Å². The van der Waals surface area contributed by atoms with Gasteiger partial charge in [0.2, 0.25) is 0 Å². The average molecular weight is 557 g/mol. The highest BCUT2D eigenvalue weighted by atomic mass is 35.5. The number of rotatable bonds is 5. The molecule has 37 heavy (non-hydrogen) atoms. The number of nitrogens with one attached hydrogen (secondary N) is 1. The van der Waals surface area contributed by atoms with E-state index >= 15 is 4.39 Å². The Balaban J connectivity index is 1.90. The summed E-state index contributed by atoms with van der Waals surface area (Å²) in [7, 11) is 0. The van der Waals surface area contributed by atoms with Crippen LogP contribution in [-0.4, -0.2) is 30.2 Å². The molecule has 1 N–H and O–H groups in total. The number of carbonyl (C=O) groups excluding carboxylic acids is 2. The summed E-state index contributed by atoms with van der Waals surface area (Å²) in [6, 6.07) is 10.0. The molecule has 5 nitrogen and oxygen atoms in total. The van der Waals surface area contributed by atoms with Gasteiger partial charge in [0.1, 0.15) is 17.3 Å². The molecular formula is C26H22Cl2F4N2O3. The third kappa shape index (κ3) is 5.20. The van der Waals surface area contributed by atoms with Crippen LogP contribution in [0, 0.1) is 23.1 Å². The zero-order valence-electron chi connectivity index (χ0n) is 19.3. The third-order valence-corrected chi connectivity index (χ3v) is 7.84. The predicted octanol–water partition coefficient (Wildman–Crippen LogP) is 6.23. The Morgan fingerprint density at radius 1 is 1.11 bits per heavy atom. The van der Waals surface area contributed by atoms with Crippen LogP contribution in [0.5, 0.6) is 0 Å². The summed E-state index contributed by atoms with van der Waals surface area (Å²) in [5.41, 5.74) is -1.41. The molecule has 4 rings (SSSR count). The number of carbonyl (C=O) groups is 2. The maximum absolute atomic E-state index is 15.4. The van der Waals surface area contributed by atoms with Crippen molar-refractivity contribution in [1.29, 1.82) is 5.26 Å². The van der Waals surface area contributed by atoms with E-state index in [1.54, 1.807) is 12.1 Å². The maximum atomic E-state index is 15.4. The summed E-state index contributed by atoms with van der Waals surface area (Å²) >= 11 is 12.1. The maximum Gasteiger partial charge on any atom is 0.491 e. The number of halogens is 6. The summed E-state index contributed by atoms with van der Waals surface area (Å²) in [5.74, 6) is -6.38. The van der Waals surface area contributed by atoms with Gasteiger partial charge < -0.3 is 4.74 Å². The van der Waals surface area contributed by atoms with Gasteiger partial charge in [-0.25, -0.2) is 14.0 Å². The summed E-state index contributed by atoms with van der Waals surface area (Å²) in [6.45, 7) is 0. The molecule has 1 aliphatic heterocycles. The standard InChI is InChI=1S/C26H22Cl2F4N2O3/c27-16-10-8-15(9-11-16)25(13-33)19(12-14-4-1-2-5-14)34-22(23(35)37-24(36)26(30,31)32)20(25)17-6-3-7-18(28)21(17)29/h3,6-11,14,19-20,22,34H,1-2,4-5,12H2/t19-,20-,22+,25-/m0/s1. The lowest BCUT2D eigenvalue weighted by Gasteiger charge is -2.36. The van der Waals surface area contributed by atoms with E-state index in [2.05, 4.69) is 16.1 Å². The fourth-order valence-corrected chi connectivity index (χ4v) is 5.99. The van der Waals surface area contributed by atoms with E-state index in [4.69, 9.17) is 23.2 Å². The van der Waals surface area contributed by atoms with E-state index < -0.39 is 47.3 Å². The van der Waals surface area contributed by atoms with E-state index in [1.807, 2.05) is 0 Å². The minimum atomic E-state index is -5.42.